The summed E-state index contributed by atoms with van der Waals surface area (Å²) in [5.41, 5.74) is 0. The van der Waals surface area contributed by atoms with Gasteiger partial charge in [0, 0.05) is 23.5 Å². The first-order valence-electron chi connectivity index (χ1n) is 6.05. The molecule has 0 aliphatic heterocycles. The molecular formula is C12H12ClN3O2S3. The van der Waals surface area contributed by atoms with Crippen molar-refractivity contribution in [3.05, 3.63) is 39.1 Å². The Morgan fingerprint density at radius 2 is 2.14 bits per heavy atom. The fraction of sp³-hybridized carbons (Fsp3) is 0.250. The van der Waals surface area contributed by atoms with Gasteiger partial charge in [0.25, 0.3) is 10.0 Å². The Kier molecular flexibility index (Phi) is 3.83. The SMILES string of the molecule is CC(c1cccs1)N(C)S(=O)(=O)c1c(Cl)nc2sccn12. The van der Waals surface area contributed by atoms with E-state index in [4.69, 9.17) is 11.6 Å². The molecule has 3 rings (SSSR count). The molecule has 0 aliphatic rings. The third-order valence-electron chi connectivity index (χ3n) is 3.30. The van der Waals surface area contributed by atoms with Gasteiger partial charge in [-0.1, -0.05) is 17.7 Å². The van der Waals surface area contributed by atoms with Crippen LogP contribution < -0.4 is 0 Å². The first kappa shape index (κ1) is 15.0. The summed E-state index contributed by atoms with van der Waals surface area (Å²) in [6.45, 7) is 1.85. The average molecular weight is 362 g/mol. The molecule has 1 atom stereocenters. The highest BCUT2D eigenvalue weighted by molar-refractivity contribution is 7.89. The van der Waals surface area contributed by atoms with Crippen LogP contribution in [0, 0.1) is 0 Å². The number of rotatable bonds is 4. The van der Waals surface area contributed by atoms with Gasteiger partial charge in [-0.15, -0.1) is 22.7 Å². The van der Waals surface area contributed by atoms with E-state index in [1.165, 1.54) is 31.4 Å². The summed E-state index contributed by atoms with van der Waals surface area (Å²) >= 11 is 8.90. The lowest BCUT2D eigenvalue weighted by atomic mass is 10.3. The number of thiophene rings is 1. The molecule has 0 spiro atoms. The smallest absolute Gasteiger partial charge is 0.262 e. The first-order valence-corrected chi connectivity index (χ1v) is 9.63. The molecule has 0 N–H and O–H groups in total. The molecule has 3 aromatic heterocycles. The van der Waals surface area contributed by atoms with Crippen LogP contribution in [0.3, 0.4) is 0 Å². The number of thiazole rings is 1. The van der Waals surface area contributed by atoms with Crippen LogP contribution in [0.1, 0.15) is 17.8 Å². The third kappa shape index (κ3) is 2.40. The summed E-state index contributed by atoms with van der Waals surface area (Å²) < 4.78 is 28.5. The molecule has 0 aromatic carbocycles. The monoisotopic (exact) mass is 361 g/mol. The minimum absolute atomic E-state index is 0.00656. The highest BCUT2D eigenvalue weighted by Crippen LogP contribution is 2.32. The molecule has 0 saturated heterocycles. The van der Waals surface area contributed by atoms with E-state index in [1.54, 1.807) is 18.6 Å². The van der Waals surface area contributed by atoms with Crippen LogP contribution in [0.15, 0.2) is 34.1 Å². The topological polar surface area (TPSA) is 54.7 Å². The second-order valence-electron chi connectivity index (χ2n) is 4.48. The van der Waals surface area contributed by atoms with E-state index in [2.05, 4.69) is 4.98 Å². The van der Waals surface area contributed by atoms with Crippen molar-refractivity contribution in [2.45, 2.75) is 18.0 Å². The van der Waals surface area contributed by atoms with Crippen molar-refractivity contribution in [3.8, 4) is 0 Å². The van der Waals surface area contributed by atoms with Gasteiger partial charge in [-0.25, -0.2) is 13.4 Å². The summed E-state index contributed by atoms with van der Waals surface area (Å²) in [6.07, 6.45) is 1.66. The zero-order valence-corrected chi connectivity index (χ0v) is 14.4. The largest absolute Gasteiger partial charge is 0.279 e. The fourth-order valence-corrected chi connectivity index (χ4v) is 5.66. The summed E-state index contributed by atoms with van der Waals surface area (Å²) in [5.74, 6) is 0. The number of imidazole rings is 1. The van der Waals surface area contributed by atoms with Crippen LogP contribution >= 0.6 is 34.3 Å². The maximum atomic E-state index is 12.9. The molecule has 0 amide bonds. The standard InChI is InChI=1S/C12H12ClN3O2S3/c1-8(9-4-3-6-19-9)15(2)21(17,18)11-10(13)14-12-16(11)5-7-20-12/h3-8H,1-2H3. The van der Waals surface area contributed by atoms with Crippen molar-refractivity contribution in [1.82, 2.24) is 13.7 Å². The summed E-state index contributed by atoms with van der Waals surface area (Å²) in [6, 6.07) is 3.55. The molecule has 3 heterocycles. The summed E-state index contributed by atoms with van der Waals surface area (Å²) in [4.78, 5) is 5.63. The van der Waals surface area contributed by atoms with Gasteiger partial charge in [0.1, 0.15) is 0 Å². The minimum atomic E-state index is -3.73. The maximum absolute atomic E-state index is 12.9. The zero-order valence-electron chi connectivity index (χ0n) is 11.2. The van der Waals surface area contributed by atoms with Gasteiger partial charge in [0.2, 0.25) is 0 Å². The molecule has 3 aromatic rings. The number of aromatic nitrogens is 2. The predicted octanol–water partition coefficient (Wildman–Crippen LogP) is 3.49. The Balaban J connectivity index is 2.08. The second-order valence-corrected chi connectivity index (χ2v) is 8.60. The highest BCUT2D eigenvalue weighted by atomic mass is 35.5. The molecule has 9 heteroatoms. The quantitative estimate of drug-likeness (QED) is 0.714. The Bertz CT molecular complexity index is 867. The molecule has 0 bridgehead atoms. The minimum Gasteiger partial charge on any atom is -0.279 e. The van der Waals surface area contributed by atoms with Gasteiger partial charge in [0.05, 0.1) is 6.04 Å². The number of hydrogen-bond acceptors (Lipinski definition) is 5. The van der Waals surface area contributed by atoms with Gasteiger partial charge in [-0.3, -0.25) is 4.40 Å². The van der Waals surface area contributed by atoms with Crippen LogP contribution in [0.4, 0.5) is 0 Å². The van der Waals surface area contributed by atoms with Crippen molar-refractivity contribution in [3.63, 3.8) is 0 Å². The normalized spacial score (nSPS) is 14.1. The molecule has 1 unspecified atom stereocenters. The van der Waals surface area contributed by atoms with Gasteiger partial charge < -0.3 is 0 Å². The highest BCUT2D eigenvalue weighted by Gasteiger charge is 2.32. The van der Waals surface area contributed by atoms with Crippen molar-refractivity contribution in [1.29, 1.82) is 0 Å². The molecule has 0 aliphatic carbocycles. The fourth-order valence-electron chi connectivity index (χ4n) is 2.02. The Labute approximate surface area is 135 Å². The number of nitrogens with zero attached hydrogens (tertiary/aromatic N) is 3. The van der Waals surface area contributed by atoms with E-state index in [0.29, 0.717) is 4.96 Å². The van der Waals surface area contributed by atoms with Crippen LogP contribution in [0.25, 0.3) is 4.96 Å². The molecule has 0 saturated carbocycles. The molecular weight excluding hydrogens is 350 g/mol. The van der Waals surface area contributed by atoms with E-state index in [1.807, 2.05) is 24.4 Å². The number of halogens is 1. The summed E-state index contributed by atoms with van der Waals surface area (Å²) in [5, 5.41) is 3.73. The number of sulfonamides is 1. The van der Waals surface area contributed by atoms with Crippen molar-refractivity contribution >= 4 is 49.3 Å². The lowest BCUT2D eigenvalue weighted by Crippen LogP contribution is -2.30. The maximum Gasteiger partial charge on any atom is 0.262 e. The first-order chi connectivity index (χ1) is 9.93. The van der Waals surface area contributed by atoms with Crippen LogP contribution in [0.5, 0.6) is 0 Å². The molecule has 5 nitrogen and oxygen atoms in total. The summed E-state index contributed by atoms with van der Waals surface area (Å²) in [7, 11) is -2.18. The lowest BCUT2D eigenvalue weighted by molar-refractivity contribution is 0.400. The van der Waals surface area contributed by atoms with E-state index in [0.717, 1.165) is 4.88 Å². The average Bonchev–Trinajstić information content (AvgIpc) is 3.11. The van der Waals surface area contributed by atoms with Crippen LogP contribution in [0.2, 0.25) is 5.15 Å². The van der Waals surface area contributed by atoms with Crippen molar-refractivity contribution < 1.29 is 8.42 Å². The van der Waals surface area contributed by atoms with Gasteiger partial charge in [-0.2, -0.15) is 4.31 Å². The van der Waals surface area contributed by atoms with E-state index in [9.17, 15) is 8.42 Å². The van der Waals surface area contributed by atoms with E-state index in [-0.39, 0.29) is 16.2 Å². The Hall–Kier alpha value is -0.930. The van der Waals surface area contributed by atoms with Gasteiger partial charge >= 0.3 is 0 Å². The Morgan fingerprint density at radius 1 is 1.38 bits per heavy atom. The molecule has 112 valence electrons. The van der Waals surface area contributed by atoms with Crippen LogP contribution in [-0.2, 0) is 10.0 Å². The van der Waals surface area contributed by atoms with E-state index < -0.39 is 10.0 Å². The second kappa shape index (κ2) is 5.36. The molecule has 0 fully saturated rings. The van der Waals surface area contributed by atoms with E-state index >= 15 is 0 Å². The molecule has 0 radical (unpaired) electrons. The van der Waals surface area contributed by atoms with Crippen molar-refractivity contribution in [2.24, 2.45) is 0 Å². The number of hydrogen-bond donors (Lipinski definition) is 0. The van der Waals surface area contributed by atoms with Gasteiger partial charge in [-0.05, 0) is 18.4 Å². The van der Waals surface area contributed by atoms with Crippen LogP contribution in [-0.4, -0.2) is 29.2 Å². The molecule has 21 heavy (non-hydrogen) atoms. The Morgan fingerprint density at radius 3 is 2.81 bits per heavy atom. The number of fused-ring (bicyclic) bond motifs is 1. The van der Waals surface area contributed by atoms with Gasteiger partial charge in [0.15, 0.2) is 15.1 Å². The predicted molar refractivity (Wildman–Crippen MR) is 85.8 cm³/mol. The zero-order chi connectivity index (χ0) is 15.2. The third-order valence-corrected chi connectivity index (χ3v) is 7.43. The van der Waals surface area contributed by atoms with Crippen molar-refractivity contribution in [2.75, 3.05) is 7.05 Å². The lowest BCUT2D eigenvalue weighted by Gasteiger charge is -2.23.